The van der Waals surface area contributed by atoms with Crippen molar-refractivity contribution in [1.82, 2.24) is 14.5 Å². The molecular formula is C33H32F2N4O4. The molecule has 222 valence electrons. The fourth-order valence-corrected chi connectivity index (χ4v) is 6.20. The number of nitrogens with zero attached hydrogens (tertiary/aromatic N) is 4. The van der Waals surface area contributed by atoms with Gasteiger partial charge in [0.2, 0.25) is 11.7 Å². The Kier molecular flexibility index (Phi) is 7.15. The number of hydrogen-bond donors (Lipinski definition) is 0. The van der Waals surface area contributed by atoms with Crippen LogP contribution < -0.4 is 19.9 Å². The summed E-state index contributed by atoms with van der Waals surface area (Å²) in [5.74, 6) is -1.45. The number of anilines is 1. The van der Waals surface area contributed by atoms with Crippen molar-refractivity contribution < 1.29 is 23.0 Å². The molecule has 2 aliphatic heterocycles. The second-order valence-corrected chi connectivity index (χ2v) is 11.2. The average molecular weight is 587 g/mol. The summed E-state index contributed by atoms with van der Waals surface area (Å²) in [5.41, 5.74) is 1.13. The molecule has 8 nitrogen and oxygen atoms in total. The van der Waals surface area contributed by atoms with E-state index in [1.165, 1.54) is 42.0 Å². The van der Waals surface area contributed by atoms with Crippen LogP contribution in [0.25, 0.3) is 28.0 Å². The molecule has 0 N–H and O–H groups in total. The predicted octanol–water partition coefficient (Wildman–Crippen LogP) is 5.45. The van der Waals surface area contributed by atoms with Gasteiger partial charge in [-0.15, -0.1) is 0 Å². The number of halogens is 2. The largest absolute Gasteiger partial charge is 0.496 e. The molecular weight excluding hydrogens is 554 g/mol. The SMILES string of the molecule is C=CC(=O)N1CC2COc3c(c4cc(F)c(-c5c(F)cccc5OC)nc4n(-c4ccccc4C(C)C)c3=O)N2CC1C. The zero-order valence-electron chi connectivity index (χ0n) is 24.4. The van der Waals surface area contributed by atoms with Crippen molar-refractivity contribution in [2.45, 2.75) is 38.8 Å². The maximum absolute atomic E-state index is 16.1. The number of benzene rings is 2. The lowest BCUT2D eigenvalue weighted by molar-refractivity contribution is -0.129. The highest BCUT2D eigenvalue weighted by atomic mass is 19.1. The monoisotopic (exact) mass is 586 g/mol. The number of methoxy groups -OCH3 is 1. The third kappa shape index (κ3) is 4.52. The first-order valence-corrected chi connectivity index (χ1v) is 14.2. The van der Waals surface area contributed by atoms with Crippen molar-refractivity contribution in [2.24, 2.45) is 0 Å². The summed E-state index contributed by atoms with van der Waals surface area (Å²) in [6.07, 6.45) is 1.28. The summed E-state index contributed by atoms with van der Waals surface area (Å²) in [4.78, 5) is 35.3. The Morgan fingerprint density at radius 3 is 2.63 bits per heavy atom. The first-order chi connectivity index (χ1) is 20.7. The lowest BCUT2D eigenvalue weighted by Crippen LogP contribution is -2.62. The summed E-state index contributed by atoms with van der Waals surface area (Å²) in [7, 11) is 1.37. The van der Waals surface area contributed by atoms with Gasteiger partial charge in [-0.05, 0) is 48.7 Å². The molecule has 2 atom stereocenters. The summed E-state index contributed by atoms with van der Waals surface area (Å²) < 4.78 is 44.3. The van der Waals surface area contributed by atoms with E-state index in [0.29, 0.717) is 29.9 Å². The number of aromatic nitrogens is 2. The molecule has 2 aromatic heterocycles. The van der Waals surface area contributed by atoms with Crippen LogP contribution >= 0.6 is 0 Å². The lowest BCUT2D eigenvalue weighted by atomic mass is 9.99. The van der Waals surface area contributed by atoms with Crippen molar-refractivity contribution in [3.8, 4) is 28.4 Å². The van der Waals surface area contributed by atoms with Gasteiger partial charge in [-0.1, -0.05) is 44.7 Å². The topological polar surface area (TPSA) is 76.9 Å². The molecule has 4 heterocycles. The number of carbonyl (C=O) groups excluding carboxylic acids is 1. The Hall–Kier alpha value is -4.73. The molecule has 0 spiro atoms. The number of carbonyl (C=O) groups is 1. The average Bonchev–Trinajstić information content (AvgIpc) is 3.00. The smallest absolute Gasteiger partial charge is 0.301 e. The van der Waals surface area contributed by atoms with E-state index >= 15 is 8.78 Å². The first-order valence-electron chi connectivity index (χ1n) is 14.2. The molecule has 10 heteroatoms. The van der Waals surface area contributed by atoms with Crippen LogP contribution in [0.3, 0.4) is 0 Å². The Morgan fingerprint density at radius 2 is 1.91 bits per heavy atom. The predicted molar refractivity (Wildman–Crippen MR) is 161 cm³/mol. The molecule has 0 radical (unpaired) electrons. The van der Waals surface area contributed by atoms with Crippen LogP contribution in [-0.2, 0) is 4.79 Å². The standard InChI is InChI=1S/C33H32F2N4O4/c1-6-27(40)37-16-20-17-43-31-30(38(20)15-19(37)4)22-14-24(35)29(28-23(34)11-9-13-26(28)42-5)36-32(22)39(33(31)41)25-12-8-7-10-21(25)18(2)3/h6-14,18-20H,1,15-17H2,2-5H3. The molecule has 4 aromatic rings. The molecule has 1 amide bonds. The van der Waals surface area contributed by atoms with Gasteiger partial charge in [0.15, 0.2) is 11.5 Å². The highest BCUT2D eigenvalue weighted by Crippen LogP contribution is 2.43. The van der Waals surface area contributed by atoms with Crippen molar-refractivity contribution in [3.63, 3.8) is 0 Å². The van der Waals surface area contributed by atoms with E-state index in [2.05, 4.69) is 11.6 Å². The number of fused-ring (bicyclic) bond motifs is 5. The molecule has 2 unspecified atom stereocenters. The highest BCUT2D eigenvalue weighted by Gasteiger charge is 2.40. The van der Waals surface area contributed by atoms with Crippen LogP contribution in [-0.4, -0.2) is 59.2 Å². The maximum Gasteiger partial charge on any atom is 0.301 e. The van der Waals surface area contributed by atoms with Crippen LogP contribution in [0, 0.1) is 11.6 Å². The number of ether oxygens (including phenoxy) is 2. The molecule has 2 aromatic carbocycles. The Balaban J connectivity index is 1.68. The summed E-state index contributed by atoms with van der Waals surface area (Å²) >= 11 is 0. The summed E-state index contributed by atoms with van der Waals surface area (Å²) in [6.45, 7) is 10.4. The van der Waals surface area contributed by atoms with Gasteiger partial charge >= 0.3 is 5.56 Å². The summed E-state index contributed by atoms with van der Waals surface area (Å²) in [6, 6.07) is 12.4. The zero-order chi connectivity index (χ0) is 30.6. The Morgan fingerprint density at radius 1 is 1.14 bits per heavy atom. The Bertz CT molecular complexity index is 1840. The summed E-state index contributed by atoms with van der Waals surface area (Å²) in [5, 5.41) is 0.338. The van der Waals surface area contributed by atoms with Gasteiger partial charge in [-0.2, -0.15) is 0 Å². The van der Waals surface area contributed by atoms with Crippen LogP contribution in [0.15, 0.2) is 66.0 Å². The van der Waals surface area contributed by atoms with E-state index in [1.807, 2.05) is 49.9 Å². The number of hydrogen-bond acceptors (Lipinski definition) is 6. The minimum atomic E-state index is -0.781. The van der Waals surface area contributed by atoms with Crippen molar-refractivity contribution in [3.05, 3.63) is 88.7 Å². The van der Waals surface area contributed by atoms with Crippen molar-refractivity contribution in [1.29, 1.82) is 0 Å². The van der Waals surface area contributed by atoms with Gasteiger partial charge < -0.3 is 19.3 Å². The number of para-hydroxylation sites is 1. The Labute approximate surface area is 247 Å². The number of rotatable bonds is 5. The van der Waals surface area contributed by atoms with Gasteiger partial charge in [0.25, 0.3) is 0 Å². The molecule has 43 heavy (non-hydrogen) atoms. The van der Waals surface area contributed by atoms with Gasteiger partial charge in [-0.25, -0.2) is 13.8 Å². The van der Waals surface area contributed by atoms with Crippen molar-refractivity contribution in [2.75, 3.05) is 31.7 Å². The second kappa shape index (κ2) is 10.8. The molecule has 0 bridgehead atoms. The van der Waals surface area contributed by atoms with Crippen LogP contribution in [0.2, 0.25) is 0 Å². The van der Waals surface area contributed by atoms with Crippen molar-refractivity contribution >= 4 is 22.6 Å². The van der Waals surface area contributed by atoms with Gasteiger partial charge in [0, 0.05) is 24.5 Å². The van der Waals surface area contributed by atoms with E-state index in [4.69, 9.17) is 9.47 Å². The molecule has 6 rings (SSSR count). The van der Waals surface area contributed by atoms with Crippen LogP contribution in [0.5, 0.6) is 11.5 Å². The molecule has 1 saturated heterocycles. The molecule has 1 fully saturated rings. The zero-order valence-corrected chi connectivity index (χ0v) is 24.4. The fraction of sp³-hybridized carbons (Fsp3) is 0.303. The van der Waals surface area contributed by atoms with Crippen LogP contribution in [0.1, 0.15) is 32.3 Å². The number of piperazine rings is 1. The van der Waals surface area contributed by atoms with Gasteiger partial charge in [0.1, 0.15) is 23.9 Å². The lowest BCUT2D eigenvalue weighted by Gasteiger charge is -2.48. The minimum Gasteiger partial charge on any atom is -0.496 e. The second-order valence-electron chi connectivity index (χ2n) is 11.2. The van der Waals surface area contributed by atoms with E-state index in [0.717, 1.165) is 5.56 Å². The first kappa shape index (κ1) is 28.4. The number of amides is 1. The number of pyridine rings is 2. The minimum absolute atomic E-state index is 0.0439. The fourth-order valence-electron chi connectivity index (χ4n) is 6.20. The molecule has 0 aliphatic carbocycles. The van der Waals surface area contributed by atoms with E-state index < -0.39 is 17.2 Å². The maximum atomic E-state index is 16.1. The van der Waals surface area contributed by atoms with Gasteiger partial charge in [-0.3, -0.25) is 14.2 Å². The van der Waals surface area contributed by atoms with Crippen LogP contribution in [0.4, 0.5) is 14.5 Å². The molecule has 0 saturated carbocycles. The third-order valence-electron chi connectivity index (χ3n) is 8.27. The highest BCUT2D eigenvalue weighted by molar-refractivity contribution is 5.97. The molecule has 2 aliphatic rings. The van der Waals surface area contributed by atoms with Gasteiger partial charge in [0.05, 0.1) is 30.1 Å². The third-order valence-corrected chi connectivity index (χ3v) is 8.27. The van der Waals surface area contributed by atoms with E-state index in [9.17, 15) is 9.59 Å². The van der Waals surface area contributed by atoms with E-state index in [1.54, 1.807) is 4.90 Å². The quantitative estimate of drug-likeness (QED) is 0.290. The van der Waals surface area contributed by atoms with E-state index in [-0.39, 0.29) is 58.9 Å². The normalized spacial score (nSPS) is 17.8.